The minimum Gasteiger partial charge on any atom is -0.464 e. The molecule has 0 N–H and O–H groups in total. The average Bonchev–Trinajstić information content (AvgIpc) is 4.15. The van der Waals surface area contributed by atoms with Crippen LogP contribution in [0.1, 0.15) is 0 Å². The molecular weight excluding hydrogens is 853 g/mol. The first-order chi connectivity index (χ1) is 32.7. The summed E-state index contributed by atoms with van der Waals surface area (Å²) in [7, 11) is 0. The van der Waals surface area contributed by atoms with Gasteiger partial charge in [-0.2, -0.15) is 0 Å². The summed E-state index contributed by atoms with van der Waals surface area (Å²) in [4.78, 5) is 26.0. The number of furan rings is 2. The number of hydrogen-bond acceptors (Lipinski definition) is 8. The topological polar surface area (TPSA) is 87.7 Å². The standard InChI is InChI=1S/C56H28N6O2S2/c1-4-14-39-31(9-1)35-28-45-30(26-42(35)62(39)56-58-37-12-7-17-48-51(37)53(59-56)34-11-3-6-16-46(34)65-48)27-44(64-45)29-19-22-47-36(25-29)54-52-38(13-8-18-49(52)66-47)57-55(60-54)61-40-15-5-2-10-32(40)50-33-23-24-63-43(33)21-20-41(50)61/h1-28H. The molecule has 6 aromatic heterocycles. The molecule has 0 saturated carbocycles. The summed E-state index contributed by atoms with van der Waals surface area (Å²) in [6, 6.07) is 57.6. The molecule has 0 unspecified atom stereocenters. The Bertz CT molecular complexity index is 4500. The van der Waals surface area contributed by atoms with Crippen LogP contribution in [0.15, 0.2) is 198 Å². The molecular formula is C56H28N6O2S2. The van der Waals surface area contributed by atoms with Crippen molar-refractivity contribution in [2.45, 2.75) is 19.6 Å². The van der Waals surface area contributed by atoms with Gasteiger partial charge in [-0.1, -0.05) is 96.3 Å². The summed E-state index contributed by atoms with van der Waals surface area (Å²) in [5.74, 6) is 2.05. The lowest BCUT2D eigenvalue weighted by atomic mass is 10.0. The van der Waals surface area contributed by atoms with Gasteiger partial charge in [-0.15, -0.1) is 0 Å². The highest BCUT2D eigenvalue weighted by Gasteiger charge is 2.27. The van der Waals surface area contributed by atoms with Crippen molar-refractivity contribution in [2.75, 3.05) is 0 Å². The number of aromatic nitrogens is 6. The molecule has 0 amide bonds. The smallest absolute Gasteiger partial charge is 0.235 e. The third-order valence-corrected chi connectivity index (χ3v) is 15.7. The fourth-order valence-corrected chi connectivity index (χ4v) is 12.8. The number of nitrogens with zero attached hydrogens (tertiary/aromatic N) is 6. The minimum absolute atomic E-state index is 0.623. The van der Waals surface area contributed by atoms with E-state index in [-0.39, 0.29) is 0 Å². The Morgan fingerprint density at radius 3 is 1.88 bits per heavy atom. The fraction of sp³-hybridized carbons (Fsp3) is 0. The minimum atomic E-state index is 0.623. The fourth-order valence-electron chi connectivity index (χ4n) is 10.6. The maximum absolute atomic E-state index is 6.83. The van der Waals surface area contributed by atoms with E-state index >= 15 is 0 Å². The second-order valence-electron chi connectivity index (χ2n) is 17.0. The zero-order chi connectivity index (χ0) is 42.8. The lowest BCUT2D eigenvalue weighted by Gasteiger charge is -2.20. The summed E-state index contributed by atoms with van der Waals surface area (Å²) in [5.41, 5.74) is 12.6. The summed E-state index contributed by atoms with van der Waals surface area (Å²) in [5, 5.41) is 8.66. The van der Waals surface area contributed by atoms with Crippen molar-refractivity contribution in [3.63, 3.8) is 0 Å². The number of hydrogen-bond donors (Lipinski definition) is 0. The highest BCUT2D eigenvalue weighted by atomic mass is 32.2. The molecule has 2 aliphatic heterocycles. The number of benzene rings is 8. The van der Waals surface area contributed by atoms with Gasteiger partial charge in [-0.25, -0.2) is 19.9 Å². The van der Waals surface area contributed by atoms with Crippen LogP contribution in [0.4, 0.5) is 0 Å². The molecule has 8 nitrogen and oxygen atoms in total. The van der Waals surface area contributed by atoms with Crippen LogP contribution in [0.3, 0.4) is 0 Å². The molecule has 14 aromatic rings. The van der Waals surface area contributed by atoms with E-state index < -0.39 is 0 Å². The van der Waals surface area contributed by atoms with Crippen LogP contribution in [-0.4, -0.2) is 29.1 Å². The molecule has 0 bridgehead atoms. The Labute approximate surface area is 382 Å². The lowest BCUT2D eigenvalue weighted by Crippen LogP contribution is -2.05. The van der Waals surface area contributed by atoms with Crippen molar-refractivity contribution >= 4 is 111 Å². The zero-order valence-corrected chi connectivity index (χ0v) is 36.1. The van der Waals surface area contributed by atoms with Gasteiger partial charge in [0.05, 0.1) is 50.8 Å². The molecule has 0 aliphatic carbocycles. The van der Waals surface area contributed by atoms with Gasteiger partial charge in [0.25, 0.3) is 0 Å². The van der Waals surface area contributed by atoms with Crippen LogP contribution in [0, 0.1) is 0 Å². The van der Waals surface area contributed by atoms with Crippen molar-refractivity contribution < 1.29 is 8.83 Å². The maximum atomic E-state index is 6.83. The van der Waals surface area contributed by atoms with Crippen LogP contribution < -0.4 is 0 Å². The molecule has 2 aliphatic rings. The summed E-state index contributed by atoms with van der Waals surface area (Å²) < 4.78 is 17.1. The Morgan fingerprint density at radius 1 is 0.409 bits per heavy atom. The molecule has 0 saturated heterocycles. The van der Waals surface area contributed by atoms with Gasteiger partial charge < -0.3 is 8.83 Å². The van der Waals surface area contributed by atoms with Crippen molar-refractivity contribution in [1.29, 1.82) is 0 Å². The summed E-state index contributed by atoms with van der Waals surface area (Å²) in [6.07, 6.45) is 1.76. The predicted molar refractivity (Wildman–Crippen MR) is 265 cm³/mol. The van der Waals surface area contributed by atoms with Crippen molar-refractivity contribution in [3.8, 4) is 45.7 Å². The zero-order valence-electron chi connectivity index (χ0n) is 34.5. The average molecular weight is 881 g/mol. The molecule has 16 rings (SSSR count). The quantitative estimate of drug-likeness (QED) is 0.173. The molecule has 10 heteroatoms. The van der Waals surface area contributed by atoms with E-state index in [0.29, 0.717) is 11.9 Å². The van der Waals surface area contributed by atoms with E-state index in [9.17, 15) is 0 Å². The molecule has 306 valence electrons. The lowest BCUT2D eigenvalue weighted by molar-refractivity contribution is 0.616. The van der Waals surface area contributed by atoms with E-state index in [0.717, 1.165) is 131 Å². The van der Waals surface area contributed by atoms with Gasteiger partial charge in [0.2, 0.25) is 11.9 Å². The molecule has 8 aromatic carbocycles. The van der Waals surface area contributed by atoms with E-state index in [1.807, 2.05) is 12.1 Å². The Kier molecular flexibility index (Phi) is 6.80. The van der Waals surface area contributed by atoms with Crippen LogP contribution in [0.5, 0.6) is 0 Å². The molecule has 8 heterocycles. The van der Waals surface area contributed by atoms with Crippen LogP contribution in [0.2, 0.25) is 0 Å². The van der Waals surface area contributed by atoms with Gasteiger partial charge in [0, 0.05) is 79.4 Å². The third kappa shape index (κ3) is 4.71. The Balaban J connectivity index is 0.873. The molecule has 0 atom stereocenters. The van der Waals surface area contributed by atoms with Crippen LogP contribution in [0.25, 0.3) is 133 Å². The Morgan fingerprint density at radius 2 is 1.08 bits per heavy atom. The van der Waals surface area contributed by atoms with Crippen molar-refractivity contribution in [2.24, 2.45) is 0 Å². The van der Waals surface area contributed by atoms with Gasteiger partial charge >= 0.3 is 0 Å². The van der Waals surface area contributed by atoms with E-state index in [4.69, 9.17) is 28.8 Å². The molecule has 0 fully saturated rings. The first-order valence-corrected chi connectivity index (χ1v) is 23.4. The third-order valence-electron chi connectivity index (χ3n) is 13.4. The second kappa shape index (κ2) is 12.8. The number of fused-ring (bicyclic) bond motifs is 13. The normalized spacial score (nSPS) is 13.0. The van der Waals surface area contributed by atoms with Gasteiger partial charge in [-0.05, 0) is 91.0 Å². The summed E-state index contributed by atoms with van der Waals surface area (Å²) in [6.45, 7) is 0. The molecule has 0 spiro atoms. The first kappa shape index (κ1) is 35.2. The first-order valence-electron chi connectivity index (χ1n) is 21.8. The number of rotatable bonds is 3. The predicted octanol–water partition coefficient (Wildman–Crippen LogP) is 15.2. The SMILES string of the molecule is c1ccc2c(c1)Sc1cccc3nc(-n4c5ccccc5c5cc6oc(-c7ccc8c(c7)-c7nc(-n9c%10ccccc%10c%10c%11ccoc%11ccc%109)nc9cccc(c79)S8)cc6cc54)nc-2c13. The largest absolute Gasteiger partial charge is 0.464 e. The van der Waals surface area contributed by atoms with Crippen molar-refractivity contribution in [1.82, 2.24) is 29.1 Å². The van der Waals surface area contributed by atoms with Crippen molar-refractivity contribution in [3.05, 3.63) is 170 Å². The monoisotopic (exact) mass is 880 g/mol. The van der Waals surface area contributed by atoms with E-state index in [1.54, 1.807) is 29.8 Å². The highest BCUT2D eigenvalue weighted by molar-refractivity contribution is 8.00. The van der Waals surface area contributed by atoms with Gasteiger partial charge in [-0.3, -0.25) is 9.13 Å². The van der Waals surface area contributed by atoms with Crippen LogP contribution >= 0.6 is 23.5 Å². The Hall–Kier alpha value is -8.18. The summed E-state index contributed by atoms with van der Waals surface area (Å²) >= 11 is 3.54. The van der Waals surface area contributed by atoms with Gasteiger partial charge in [0.15, 0.2) is 0 Å². The second-order valence-corrected chi connectivity index (χ2v) is 19.1. The maximum Gasteiger partial charge on any atom is 0.235 e. The van der Waals surface area contributed by atoms with E-state index in [2.05, 4.69) is 161 Å². The number of para-hydroxylation sites is 2. The molecule has 0 radical (unpaired) electrons. The highest BCUT2D eigenvalue weighted by Crippen LogP contribution is 2.50. The van der Waals surface area contributed by atoms with E-state index in [1.165, 1.54) is 9.79 Å². The van der Waals surface area contributed by atoms with Crippen LogP contribution in [-0.2, 0) is 0 Å². The molecule has 66 heavy (non-hydrogen) atoms. The van der Waals surface area contributed by atoms with Gasteiger partial charge in [0.1, 0.15) is 16.9 Å².